The van der Waals surface area contributed by atoms with Crippen LogP contribution in [0.5, 0.6) is 0 Å². The van der Waals surface area contributed by atoms with Crippen molar-refractivity contribution in [3.05, 3.63) is 41.2 Å². The normalized spacial score (nSPS) is 10.3. The van der Waals surface area contributed by atoms with Gasteiger partial charge < -0.3 is 0 Å². The fraction of sp³-hybridized carbons (Fsp3) is 0.200. The molecule has 0 radical (unpaired) electrons. The monoisotopic (exact) mass is 236 g/mol. The van der Waals surface area contributed by atoms with Gasteiger partial charge in [0.05, 0.1) is 0 Å². The van der Waals surface area contributed by atoms with Gasteiger partial charge in [-0.25, -0.2) is 4.68 Å². The van der Waals surface area contributed by atoms with Crippen LogP contribution in [0.2, 0.25) is 5.02 Å². The van der Waals surface area contributed by atoms with Crippen LogP contribution in [0.1, 0.15) is 5.56 Å². The highest BCUT2D eigenvalue weighted by Crippen LogP contribution is 2.10. The maximum absolute atomic E-state index is 11.6. The summed E-state index contributed by atoms with van der Waals surface area (Å²) in [5, 5.41) is 11.2. The van der Waals surface area contributed by atoms with Crippen LogP contribution in [-0.4, -0.2) is 26.0 Å². The van der Waals surface area contributed by atoms with Crippen LogP contribution in [0.4, 0.5) is 0 Å². The minimum Gasteiger partial charge on any atom is -0.297 e. The molecule has 5 nitrogen and oxygen atoms in total. The number of aromatic nitrogens is 4. The third-order valence-electron chi connectivity index (χ3n) is 2.04. The van der Waals surface area contributed by atoms with E-state index in [9.17, 15) is 4.79 Å². The quantitative estimate of drug-likeness (QED) is 0.799. The van der Waals surface area contributed by atoms with Crippen molar-refractivity contribution < 1.29 is 4.79 Å². The number of halogens is 1. The minimum absolute atomic E-state index is 0.0506. The molecule has 0 aliphatic carbocycles. The number of tetrazole rings is 1. The average Bonchev–Trinajstić information content (AvgIpc) is 2.74. The van der Waals surface area contributed by atoms with E-state index in [2.05, 4.69) is 15.5 Å². The predicted octanol–water partition coefficient (Wildman–Crippen LogP) is 1.14. The average molecular weight is 237 g/mol. The first-order valence-corrected chi connectivity index (χ1v) is 5.09. The van der Waals surface area contributed by atoms with Crippen LogP contribution in [0.15, 0.2) is 30.6 Å². The number of hydrogen-bond donors (Lipinski definition) is 0. The van der Waals surface area contributed by atoms with Gasteiger partial charge in [0.1, 0.15) is 12.9 Å². The summed E-state index contributed by atoms with van der Waals surface area (Å²) in [5.41, 5.74) is 0.933. The molecule has 82 valence electrons. The van der Waals surface area contributed by atoms with E-state index in [1.54, 1.807) is 12.1 Å². The van der Waals surface area contributed by atoms with E-state index in [1.807, 2.05) is 12.1 Å². The van der Waals surface area contributed by atoms with Crippen molar-refractivity contribution in [2.45, 2.75) is 13.0 Å². The largest absolute Gasteiger partial charge is 0.297 e. The zero-order valence-electron chi connectivity index (χ0n) is 8.38. The van der Waals surface area contributed by atoms with Crippen molar-refractivity contribution in [3.63, 3.8) is 0 Å². The molecule has 0 fully saturated rings. The molecular weight excluding hydrogens is 228 g/mol. The molecule has 1 heterocycles. The van der Waals surface area contributed by atoms with Gasteiger partial charge in [-0.05, 0) is 28.1 Å². The van der Waals surface area contributed by atoms with Gasteiger partial charge in [0, 0.05) is 11.4 Å². The third kappa shape index (κ3) is 2.87. The fourth-order valence-corrected chi connectivity index (χ4v) is 1.45. The molecule has 0 saturated carbocycles. The Morgan fingerprint density at radius 3 is 2.69 bits per heavy atom. The number of ketones is 1. The third-order valence-corrected chi connectivity index (χ3v) is 2.30. The van der Waals surface area contributed by atoms with E-state index in [1.165, 1.54) is 11.0 Å². The second kappa shape index (κ2) is 4.85. The van der Waals surface area contributed by atoms with E-state index in [0.717, 1.165) is 5.56 Å². The van der Waals surface area contributed by atoms with E-state index in [0.29, 0.717) is 11.4 Å². The highest BCUT2D eigenvalue weighted by molar-refractivity contribution is 6.30. The molecule has 0 saturated heterocycles. The molecular formula is C10H9ClN4O. The maximum atomic E-state index is 11.6. The molecule has 2 aromatic rings. The highest BCUT2D eigenvalue weighted by Gasteiger charge is 2.05. The van der Waals surface area contributed by atoms with Crippen LogP contribution < -0.4 is 0 Å². The Labute approximate surface area is 97.0 Å². The second-order valence-electron chi connectivity index (χ2n) is 3.35. The Bertz CT molecular complexity index is 466. The van der Waals surface area contributed by atoms with E-state index in [-0.39, 0.29) is 12.3 Å². The number of carbonyl (C=O) groups excluding carboxylic acids is 1. The summed E-state index contributed by atoms with van der Waals surface area (Å²) in [6.07, 6.45) is 1.77. The summed E-state index contributed by atoms with van der Waals surface area (Å²) < 4.78 is 1.40. The molecule has 0 aliphatic rings. The maximum Gasteiger partial charge on any atom is 0.158 e. The molecule has 0 unspecified atom stereocenters. The zero-order valence-corrected chi connectivity index (χ0v) is 9.13. The Balaban J connectivity index is 1.95. The topological polar surface area (TPSA) is 60.7 Å². The molecule has 1 aromatic heterocycles. The Kier molecular flexibility index (Phi) is 3.26. The molecule has 0 aliphatic heterocycles. The lowest BCUT2D eigenvalue weighted by molar-refractivity contribution is -0.119. The van der Waals surface area contributed by atoms with Gasteiger partial charge in [-0.3, -0.25) is 4.79 Å². The van der Waals surface area contributed by atoms with Crippen molar-refractivity contribution in [2.24, 2.45) is 0 Å². The number of benzene rings is 1. The van der Waals surface area contributed by atoms with Gasteiger partial charge in [-0.15, -0.1) is 5.10 Å². The summed E-state index contributed by atoms with van der Waals surface area (Å²) in [7, 11) is 0. The molecule has 0 atom stereocenters. The first kappa shape index (κ1) is 10.8. The lowest BCUT2D eigenvalue weighted by Gasteiger charge is -2.00. The van der Waals surface area contributed by atoms with Gasteiger partial charge in [-0.2, -0.15) is 0 Å². The van der Waals surface area contributed by atoms with Crippen LogP contribution in [-0.2, 0) is 17.8 Å². The van der Waals surface area contributed by atoms with E-state index >= 15 is 0 Å². The summed E-state index contributed by atoms with van der Waals surface area (Å²) in [4.78, 5) is 11.6. The highest BCUT2D eigenvalue weighted by atomic mass is 35.5. The SMILES string of the molecule is O=C(Cc1ccc(Cl)cc1)Cn1cnnn1. The molecule has 0 N–H and O–H groups in total. The van der Waals surface area contributed by atoms with Gasteiger partial charge in [0.25, 0.3) is 0 Å². The number of nitrogens with zero attached hydrogens (tertiary/aromatic N) is 4. The summed E-state index contributed by atoms with van der Waals surface area (Å²) in [5.74, 6) is 0.0506. The first-order chi connectivity index (χ1) is 7.74. The Morgan fingerprint density at radius 1 is 1.31 bits per heavy atom. The Hall–Kier alpha value is -1.75. The van der Waals surface area contributed by atoms with Crippen molar-refractivity contribution in [1.82, 2.24) is 20.2 Å². The first-order valence-electron chi connectivity index (χ1n) is 4.71. The van der Waals surface area contributed by atoms with Crippen LogP contribution in [0.25, 0.3) is 0 Å². The van der Waals surface area contributed by atoms with E-state index in [4.69, 9.17) is 11.6 Å². The summed E-state index contributed by atoms with van der Waals surface area (Å²) >= 11 is 5.75. The van der Waals surface area contributed by atoms with Crippen molar-refractivity contribution in [2.75, 3.05) is 0 Å². The Morgan fingerprint density at radius 2 is 2.06 bits per heavy atom. The number of hydrogen-bond acceptors (Lipinski definition) is 4. The number of Topliss-reactive ketones (excluding diaryl/α,β-unsaturated/α-hetero) is 1. The van der Waals surface area contributed by atoms with Crippen molar-refractivity contribution in [3.8, 4) is 0 Å². The lowest BCUT2D eigenvalue weighted by atomic mass is 10.1. The number of rotatable bonds is 4. The number of carbonyl (C=O) groups is 1. The second-order valence-corrected chi connectivity index (χ2v) is 3.79. The zero-order chi connectivity index (χ0) is 11.4. The fourth-order valence-electron chi connectivity index (χ4n) is 1.32. The van der Waals surface area contributed by atoms with Crippen molar-refractivity contribution >= 4 is 17.4 Å². The molecule has 0 spiro atoms. The van der Waals surface area contributed by atoms with Crippen LogP contribution >= 0.6 is 11.6 Å². The van der Waals surface area contributed by atoms with E-state index < -0.39 is 0 Å². The standard InChI is InChI=1S/C10H9ClN4O/c11-9-3-1-8(2-4-9)5-10(16)6-15-7-12-13-14-15/h1-4,7H,5-6H2. The van der Waals surface area contributed by atoms with Crippen LogP contribution in [0, 0.1) is 0 Å². The molecule has 0 bridgehead atoms. The summed E-state index contributed by atoms with van der Waals surface area (Å²) in [6, 6.07) is 7.20. The van der Waals surface area contributed by atoms with Gasteiger partial charge in [0.15, 0.2) is 5.78 Å². The minimum atomic E-state index is 0.0506. The van der Waals surface area contributed by atoms with Crippen LogP contribution in [0.3, 0.4) is 0 Å². The van der Waals surface area contributed by atoms with Crippen molar-refractivity contribution in [1.29, 1.82) is 0 Å². The lowest BCUT2D eigenvalue weighted by Crippen LogP contribution is -2.13. The van der Waals surface area contributed by atoms with Gasteiger partial charge >= 0.3 is 0 Å². The van der Waals surface area contributed by atoms with Gasteiger partial charge in [-0.1, -0.05) is 23.7 Å². The molecule has 2 rings (SSSR count). The van der Waals surface area contributed by atoms with Gasteiger partial charge in [0.2, 0.25) is 0 Å². The molecule has 0 amide bonds. The predicted molar refractivity (Wildman–Crippen MR) is 58.0 cm³/mol. The molecule has 16 heavy (non-hydrogen) atoms. The smallest absolute Gasteiger partial charge is 0.158 e. The molecule has 1 aromatic carbocycles. The molecule has 6 heteroatoms. The summed E-state index contributed by atoms with van der Waals surface area (Å²) in [6.45, 7) is 0.190.